The molecule has 0 fully saturated rings. The van der Waals surface area contributed by atoms with Crippen molar-refractivity contribution in [1.82, 2.24) is 0 Å². The number of hydrogen-bond acceptors (Lipinski definition) is 3. The summed E-state index contributed by atoms with van der Waals surface area (Å²) in [7, 11) is -4.60. The Morgan fingerprint density at radius 1 is 1.06 bits per heavy atom. The summed E-state index contributed by atoms with van der Waals surface area (Å²) in [5.74, 6) is -8.63. The molecular weight excluding hydrogens is 252 g/mol. The van der Waals surface area contributed by atoms with Gasteiger partial charge in [0.15, 0.2) is 33.1 Å². The fraction of sp³-hybridized carbons (Fsp3) is 0.250. The molecule has 8 heteroatoms. The molecule has 16 heavy (non-hydrogen) atoms. The molecule has 0 bridgehead atoms. The average Bonchev–Trinajstić information content (AvgIpc) is 2.14. The van der Waals surface area contributed by atoms with Gasteiger partial charge in [-0.15, -0.1) is 0 Å². The second-order valence-electron chi connectivity index (χ2n) is 2.84. The molecule has 1 aromatic rings. The van der Waals surface area contributed by atoms with Crippen LogP contribution >= 0.6 is 0 Å². The number of hydrogen-bond donors (Lipinski definition) is 1. The van der Waals surface area contributed by atoms with E-state index < -0.39 is 50.4 Å². The maximum atomic E-state index is 13.0. The summed E-state index contributed by atoms with van der Waals surface area (Å²) in [5, 5.41) is 8.37. The molecule has 0 spiro atoms. The summed E-state index contributed by atoms with van der Waals surface area (Å²) in [5.41, 5.74) is 0. The third kappa shape index (κ3) is 2.17. The van der Waals surface area contributed by atoms with Gasteiger partial charge in [-0.3, -0.25) is 0 Å². The lowest BCUT2D eigenvalue weighted by molar-refractivity contribution is 0.319. The van der Waals surface area contributed by atoms with E-state index in [0.717, 1.165) is 0 Å². The Bertz CT molecular complexity index is 486. The van der Waals surface area contributed by atoms with Crippen LogP contribution in [0.3, 0.4) is 0 Å². The van der Waals surface area contributed by atoms with Crippen LogP contribution in [0.2, 0.25) is 0 Å². The lowest BCUT2D eigenvalue weighted by Crippen LogP contribution is -2.16. The van der Waals surface area contributed by atoms with Crippen molar-refractivity contribution in [3.63, 3.8) is 0 Å². The van der Waals surface area contributed by atoms with Crippen LogP contribution < -0.4 is 0 Å². The quantitative estimate of drug-likeness (QED) is 0.650. The molecule has 0 aliphatic carbocycles. The van der Waals surface area contributed by atoms with Crippen LogP contribution in [0.15, 0.2) is 11.0 Å². The minimum absolute atomic E-state index is 0.0946. The first-order chi connectivity index (χ1) is 7.31. The lowest BCUT2D eigenvalue weighted by atomic mass is 10.3. The van der Waals surface area contributed by atoms with Crippen molar-refractivity contribution in [3.05, 3.63) is 29.3 Å². The zero-order valence-electron chi connectivity index (χ0n) is 7.68. The molecular formula is C8H6F4O3S. The van der Waals surface area contributed by atoms with E-state index in [4.69, 9.17) is 5.11 Å². The van der Waals surface area contributed by atoms with Gasteiger partial charge in [-0.2, -0.15) is 0 Å². The van der Waals surface area contributed by atoms with Crippen molar-refractivity contribution >= 4 is 9.84 Å². The fourth-order valence-electron chi connectivity index (χ4n) is 1.05. The number of aliphatic hydroxyl groups is 1. The van der Waals surface area contributed by atoms with E-state index in [1.807, 2.05) is 0 Å². The number of halogens is 4. The molecule has 3 nitrogen and oxygen atoms in total. The summed E-state index contributed by atoms with van der Waals surface area (Å²) in [6.45, 7) is -0.917. The molecule has 0 aromatic heterocycles. The number of sulfone groups is 1. The Balaban J connectivity index is 3.56. The molecule has 0 atom stereocenters. The maximum absolute atomic E-state index is 13.0. The topological polar surface area (TPSA) is 54.4 Å². The van der Waals surface area contributed by atoms with Gasteiger partial charge in [-0.1, -0.05) is 0 Å². The zero-order chi connectivity index (χ0) is 12.5. The average molecular weight is 258 g/mol. The maximum Gasteiger partial charge on any atom is 0.186 e. The van der Waals surface area contributed by atoms with Crippen LogP contribution in [0.5, 0.6) is 0 Å². The Hall–Kier alpha value is -1.15. The predicted octanol–water partition coefficient (Wildman–Crippen LogP) is 1.01. The molecule has 0 radical (unpaired) electrons. The van der Waals surface area contributed by atoms with Crippen LogP contribution in [-0.4, -0.2) is 25.9 Å². The Labute approximate surface area is 88.2 Å². The fourth-order valence-corrected chi connectivity index (χ4v) is 2.23. The summed E-state index contributed by atoms with van der Waals surface area (Å²) >= 11 is 0. The van der Waals surface area contributed by atoms with Gasteiger partial charge < -0.3 is 5.11 Å². The third-order valence-electron chi connectivity index (χ3n) is 1.74. The van der Waals surface area contributed by atoms with Crippen LogP contribution in [0.1, 0.15) is 0 Å². The van der Waals surface area contributed by atoms with Crippen molar-refractivity contribution < 1.29 is 31.1 Å². The van der Waals surface area contributed by atoms with Crippen molar-refractivity contribution in [2.45, 2.75) is 4.90 Å². The van der Waals surface area contributed by atoms with Gasteiger partial charge in [0, 0.05) is 6.07 Å². The molecule has 0 heterocycles. The lowest BCUT2D eigenvalue weighted by Gasteiger charge is -2.06. The minimum atomic E-state index is -4.60. The molecule has 90 valence electrons. The van der Waals surface area contributed by atoms with Gasteiger partial charge in [-0.05, 0) is 0 Å². The van der Waals surface area contributed by atoms with Gasteiger partial charge in [0.25, 0.3) is 0 Å². The zero-order valence-corrected chi connectivity index (χ0v) is 8.49. The highest BCUT2D eigenvalue weighted by molar-refractivity contribution is 7.91. The molecule has 1 rings (SSSR count). The van der Waals surface area contributed by atoms with Crippen LogP contribution in [0.4, 0.5) is 17.6 Å². The van der Waals surface area contributed by atoms with E-state index in [1.165, 1.54) is 0 Å². The van der Waals surface area contributed by atoms with E-state index in [0.29, 0.717) is 0 Å². The molecule has 0 aliphatic rings. The van der Waals surface area contributed by atoms with Gasteiger partial charge in [0.2, 0.25) is 0 Å². The molecule has 1 aromatic carbocycles. The van der Waals surface area contributed by atoms with Gasteiger partial charge in [0.05, 0.1) is 12.4 Å². The molecule has 0 amide bonds. The van der Waals surface area contributed by atoms with Crippen molar-refractivity contribution in [2.24, 2.45) is 0 Å². The highest BCUT2D eigenvalue weighted by Crippen LogP contribution is 2.24. The summed E-state index contributed by atoms with van der Waals surface area (Å²) in [4.78, 5) is -1.70. The second-order valence-corrected chi connectivity index (χ2v) is 4.89. The van der Waals surface area contributed by atoms with Crippen LogP contribution in [-0.2, 0) is 9.84 Å². The number of rotatable bonds is 3. The van der Waals surface area contributed by atoms with Gasteiger partial charge in [-0.25, -0.2) is 26.0 Å². The van der Waals surface area contributed by atoms with Crippen molar-refractivity contribution in [2.75, 3.05) is 12.4 Å². The van der Waals surface area contributed by atoms with Gasteiger partial charge in [0.1, 0.15) is 4.90 Å². The first-order valence-electron chi connectivity index (χ1n) is 3.98. The highest BCUT2D eigenvalue weighted by Gasteiger charge is 2.29. The second kappa shape index (κ2) is 4.38. The third-order valence-corrected chi connectivity index (χ3v) is 3.44. The monoisotopic (exact) mass is 258 g/mol. The molecule has 0 aliphatic heterocycles. The van der Waals surface area contributed by atoms with Crippen molar-refractivity contribution in [1.29, 1.82) is 0 Å². The van der Waals surface area contributed by atoms with Crippen LogP contribution in [0, 0.1) is 23.3 Å². The van der Waals surface area contributed by atoms with E-state index in [-0.39, 0.29) is 6.07 Å². The van der Waals surface area contributed by atoms with Gasteiger partial charge >= 0.3 is 0 Å². The smallest absolute Gasteiger partial charge is 0.186 e. The largest absolute Gasteiger partial charge is 0.395 e. The molecule has 0 unspecified atom stereocenters. The Kier molecular flexibility index (Phi) is 3.54. The summed E-state index contributed by atoms with van der Waals surface area (Å²) in [6, 6.07) is -0.0946. The minimum Gasteiger partial charge on any atom is -0.395 e. The van der Waals surface area contributed by atoms with Crippen molar-refractivity contribution in [3.8, 4) is 0 Å². The number of benzene rings is 1. The molecule has 0 saturated heterocycles. The molecule has 1 N–H and O–H groups in total. The Morgan fingerprint density at radius 3 is 1.88 bits per heavy atom. The highest BCUT2D eigenvalue weighted by atomic mass is 32.2. The SMILES string of the molecule is O=S(=O)(CCO)c1c(F)c(F)cc(F)c1F. The van der Waals surface area contributed by atoms with E-state index in [1.54, 1.807) is 0 Å². The van der Waals surface area contributed by atoms with E-state index >= 15 is 0 Å². The first kappa shape index (κ1) is 12.9. The summed E-state index contributed by atoms with van der Waals surface area (Å²) < 4.78 is 73.8. The molecule has 0 saturated carbocycles. The normalized spacial score (nSPS) is 11.8. The van der Waals surface area contributed by atoms with Crippen LogP contribution in [0.25, 0.3) is 0 Å². The van der Waals surface area contributed by atoms with E-state index in [9.17, 15) is 26.0 Å². The van der Waals surface area contributed by atoms with E-state index in [2.05, 4.69) is 0 Å². The standard InChI is InChI=1S/C8H6F4O3S/c9-4-3-5(10)7(12)8(6(4)11)16(14,15)2-1-13/h3,13H,1-2H2. The predicted molar refractivity (Wildman–Crippen MR) is 45.4 cm³/mol. The number of aliphatic hydroxyl groups excluding tert-OH is 1. The first-order valence-corrected chi connectivity index (χ1v) is 5.63. The summed E-state index contributed by atoms with van der Waals surface area (Å²) in [6.07, 6.45) is 0. The Morgan fingerprint density at radius 2 is 1.50 bits per heavy atom.